The van der Waals surface area contributed by atoms with Crippen molar-refractivity contribution in [3.63, 3.8) is 0 Å². The molecule has 0 spiro atoms. The van der Waals surface area contributed by atoms with Gasteiger partial charge in [-0.2, -0.15) is 0 Å². The Morgan fingerprint density at radius 2 is 2.45 bits per heavy atom. The molecule has 2 rings (SSSR count). The van der Waals surface area contributed by atoms with Crippen molar-refractivity contribution in [2.24, 2.45) is 0 Å². The van der Waals surface area contributed by atoms with Crippen molar-refractivity contribution < 1.29 is 0 Å². The zero-order valence-corrected chi connectivity index (χ0v) is 8.56. The van der Waals surface area contributed by atoms with Crippen LogP contribution in [0.1, 0.15) is 6.42 Å². The van der Waals surface area contributed by atoms with Crippen LogP contribution in [0.5, 0.6) is 0 Å². The van der Waals surface area contributed by atoms with Gasteiger partial charge in [0.1, 0.15) is 0 Å². The quantitative estimate of drug-likeness (QED) is 0.506. The van der Waals surface area contributed by atoms with Crippen molar-refractivity contribution in [2.75, 3.05) is 5.88 Å². The summed E-state index contributed by atoms with van der Waals surface area (Å²) in [5.41, 5.74) is 1.46. The van der Waals surface area contributed by atoms with Gasteiger partial charge in [-0.25, -0.2) is 0 Å². The van der Waals surface area contributed by atoms with E-state index in [2.05, 4.69) is 24.3 Å². The van der Waals surface area contributed by atoms with Gasteiger partial charge < -0.3 is 0 Å². The molecule has 2 heteroatoms. The third-order valence-corrected chi connectivity index (χ3v) is 4.79. The summed E-state index contributed by atoms with van der Waals surface area (Å²) in [6, 6.07) is 0. The molecule has 0 fully saturated rings. The Bertz CT molecular complexity index is 250. The summed E-state index contributed by atoms with van der Waals surface area (Å²) in [5.74, 6) is 0.799. The van der Waals surface area contributed by atoms with Crippen molar-refractivity contribution in [2.45, 2.75) is 11.2 Å². The molecule has 1 atom stereocenters. The van der Waals surface area contributed by atoms with Crippen LogP contribution in [-0.2, 0) is 0 Å². The molecule has 0 radical (unpaired) electrons. The molecule has 0 aromatic carbocycles. The predicted molar refractivity (Wildman–Crippen MR) is 50.1 cm³/mol. The Hall–Kier alpha value is 0.0295. The molecule has 0 saturated carbocycles. The van der Waals surface area contributed by atoms with Crippen molar-refractivity contribution in [1.29, 1.82) is 0 Å². The van der Waals surface area contributed by atoms with Crippen LogP contribution in [0.2, 0.25) is 4.82 Å². The molecule has 0 nitrogen and oxygen atoms in total. The van der Waals surface area contributed by atoms with Crippen LogP contribution in [-0.4, -0.2) is 20.8 Å². The van der Waals surface area contributed by atoms with Crippen LogP contribution < -0.4 is 0 Å². The van der Waals surface area contributed by atoms with Crippen LogP contribution in [0.3, 0.4) is 0 Å². The van der Waals surface area contributed by atoms with Crippen LogP contribution in [0.4, 0.5) is 0 Å². The Morgan fingerprint density at radius 3 is 3.18 bits per heavy atom. The van der Waals surface area contributed by atoms with Gasteiger partial charge in [-0.1, -0.05) is 0 Å². The van der Waals surface area contributed by atoms with Gasteiger partial charge in [0.2, 0.25) is 0 Å². The van der Waals surface area contributed by atoms with Crippen molar-refractivity contribution in [3.05, 3.63) is 34.3 Å². The molecule has 1 aliphatic heterocycles. The zero-order valence-electron chi connectivity index (χ0n) is 6.09. The molecule has 0 amide bonds. The predicted octanol–water partition coefficient (Wildman–Crippen LogP) is 2.50. The summed E-state index contributed by atoms with van der Waals surface area (Å²) in [6.45, 7) is 0. The molecule has 0 saturated heterocycles. The van der Waals surface area contributed by atoms with E-state index >= 15 is 0 Å². The Kier molecular flexibility index (Phi) is 2.22. The number of allylic oxidation sites excluding steroid dienone is 6. The molecule has 0 N–H and O–H groups in total. The number of fused-ring (bicyclic) bond motifs is 1. The minimum absolute atomic E-state index is 0.660. The second-order valence-electron chi connectivity index (χ2n) is 2.65. The van der Waals surface area contributed by atoms with Gasteiger partial charge in [0, 0.05) is 0 Å². The second-order valence-corrected chi connectivity index (χ2v) is 5.71. The molecule has 1 heterocycles. The number of hydrogen-bond donors (Lipinski definition) is 0. The normalized spacial score (nSPS) is 26.8. The van der Waals surface area contributed by atoms with E-state index in [9.17, 15) is 0 Å². The molecule has 1 aliphatic carbocycles. The van der Waals surface area contributed by atoms with Gasteiger partial charge in [-0.3, -0.25) is 0 Å². The first-order valence-electron chi connectivity index (χ1n) is 3.73. The maximum absolute atomic E-state index is 5.68. The monoisotopic (exact) mass is 232 g/mol. The molecular formula is C9H9ClSe. The molecule has 58 valence electrons. The third-order valence-electron chi connectivity index (χ3n) is 1.85. The molecule has 2 aliphatic rings. The van der Waals surface area contributed by atoms with Crippen LogP contribution in [0, 0.1) is 0 Å². The topological polar surface area (TPSA) is 0 Å². The molecule has 0 aromatic rings. The SMILES string of the molecule is ClCCC1C=C2C=CC=C2[Se]1. The van der Waals surface area contributed by atoms with Gasteiger partial charge in [0.15, 0.2) is 0 Å². The molecule has 0 bridgehead atoms. The van der Waals surface area contributed by atoms with Crippen LogP contribution in [0.15, 0.2) is 34.3 Å². The van der Waals surface area contributed by atoms with E-state index in [1.54, 1.807) is 4.47 Å². The van der Waals surface area contributed by atoms with E-state index in [1.807, 2.05) is 0 Å². The molecular weight excluding hydrogens is 223 g/mol. The molecule has 0 aromatic heterocycles. The standard InChI is InChI=1S/C9H9ClSe/c10-5-4-8-6-7-2-1-3-9(7)11-8/h1-3,6,8H,4-5H2. The Balaban J connectivity index is 2.09. The second kappa shape index (κ2) is 3.18. The summed E-state index contributed by atoms with van der Waals surface area (Å²) in [5, 5.41) is 0. The average molecular weight is 232 g/mol. The molecule has 11 heavy (non-hydrogen) atoms. The van der Waals surface area contributed by atoms with E-state index in [4.69, 9.17) is 11.6 Å². The summed E-state index contributed by atoms with van der Waals surface area (Å²) in [7, 11) is 0. The first-order valence-corrected chi connectivity index (χ1v) is 6.11. The van der Waals surface area contributed by atoms with E-state index in [1.165, 1.54) is 5.57 Å². The first kappa shape index (κ1) is 7.67. The molecule has 1 unspecified atom stereocenters. The van der Waals surface area contributed by atoms with Gasteiger partial charge in [-0.15, -0.1) is 0 Å². The van der Waals surface area contributed by atoms with E-state index in [0.717, 1.165) is 17.1 Å². The van der Waals surface area contributed by atoms with Gasteiger partial charge in [0.05, 0.1) is 0 Å². The van der Waals surface area contributed by atoms with E-state index in [-0.39, 0.29) is 0 Å². The van der Waals surface area contributed by atoms with Crippen molar-refractivity contribution >= 4 is 26.6 Å². The fourth-order valence-electron chi connectivity index (χ4n) is 1.31. The zero-order chi connectivity index (χ0) is 7.68. The number of rotatable bonds is 2. The summed E-state index contributed by atoms with van der Waals surface area (Å²) in [6.07, 6.45) is 10.1. The maximum atomic E-state index is 5.68. The number of halogens is 1. The van der Waals surface area contributed by atoms with Crippen molar-refractivity contribution in [1.82, 2.24) is 0 Å². The average Bonchev–Trinajstić information content (AvgIpc) is 2.46. The minimum atomic E-state index is 0.660. The van der Waals surface area contributed by atoms with Crippen molar-refractivity contribution in [3.8, 4) is 0 Å². The summed E-state index contributed by atoms with van der Waals surface area (Å²) >= 11 is 6.34. The van der Waals surface area contributed by atoms with Gasteiger partial charge in [0.25, 0.3) is 0 Å². The number of alkyl halides is 1. The fourth-order valence-corrected chi connectivity index (χ4v) is 4.37. The van der Waals surface area contributed by atoms with Gasteiger partial charge in [-0.05, 0) is 0 Å². The Labute approximate surface area is 78.2 Å². The summed E-state index contributed by atoms with van der Waals surface area (Å²) in [4.78, 5) is 0.770. The van der Waals surface area contributed by atoms with E-state index in [0.29, 0.717) is 15.0 Å². The van der Waals surface area contributed by atoms with Crippen LogP contribution >= 0.6 is 11.6 Å². The first-order chi connectivity index (χ1) is 5.40. The van der Waals surface area contributed by atoms with Crippen LogP contribution in [0.25, 0.3) is 0 Å². The number of hydrogen-bond acceptors (Lipinski definition) is 0. The Morgan fingerprint density at radius 1 is 1.55 bits per heavy atom. The fraction of sp³-hybridized carbons (Fsp3) is 0.333. The third kappa shape index (κ3) is 1.46. The van der Waals surface area contributed by atoms with E-state index < -0.39 is 0 Å². The van der Waals surface area contributed by atoms with Gasteiger partial charge >= 0.3 is 78.0 Å². The summed E-state index contributed by atoms with van der Waals surface area (Å²) < 4.78 is 1.56.